The second kappa shape index (κ2) is 6.87. The van der Waals surface area contributed by atoms with E-state index in [1.54, 1.807) is 18.3 Å². The molecule has 2 atom stereocenters. The van der Waals surface area contributed by atoms with E-state index in [-0.39, 0.29) is 35.4 Å². The van der Waals surface area contributed by atoms with Gasteiger partial charge in [0.25, 0.3) is 5.91 Å². The molecule has 3 aromatic heterocycles. The highest BCUT2D eigenvalue weighted by atomic mass is 19.1. The number of rotatable bonds is 7. The van der Waals surface area contributed by atoms with Crippen LogP contribution in [0.2, 0.25) is 0 Å². The van der Waals surface area contributed by atoms with Crippen molar-refractivity contribution in [3.63, 3.8) is 0 Å². The first-order valence-electron chi connectivity index (χ1n) is 10.8. The van der Waals surface area contributed by atoms with E-state index < -0.39 is 25.1 Å². The molecular formula is C19H20FN7O2. The fourth-order valence-electron chi connectivity index (χ4n) is 2.90. The Morgan fingerprint density at radius 1 is 1.45 bits per heavy atom. The monoisotopic (exact) mass is 400 g/mol. The summed E-state index contributed by atoms with van der Waals surface area (Å²) >= 11 is 0. The van der Waals surface area contributed by atoms with Crippen LogP contribution in [0, 0.1) is 0 Å². The number of aromatic nitrogens is 4. The van der Waals surface area contributed by atoms with Crippen molar-refractivity contribution in [1.82, 2.24) is 24.9 Å². The standard InChI is InChI=1S/C19H20FN7O2/c1-21-16-8-15(24-13-3-2-6-22-19(13)29-10-4-5-10)26-17-11(9-23-27(16)17)18(28)25-14-7-12(14)20/h2-3,6,8-10,12,14,21H,4-5,7H2,1H3,(H,24,26)(H,25,28)/t12-,14+/m1/s1/i1D3. The van der Waals surface area contributed by atoms with Gasteiger partial charge in [0.1, 0.15) is 35.2 Å². The minimum absolute atomic E-state index is 0.0971. The van der Waals surface area contributed by atoms with Crippen molar-refractivity contribution in [2.45, 2.75) is 37.6 Å². The second-order valence-electron chi connectivity index (χ2n) is 7.08. The third kappa shape index (κ3) is 3.53. The summed E-state index contributed by atoms with van der Waals surface area (Å²) in [5, 5.41) is 12.2. The average molecular weight is 400 g/mol. The van der Waals surface area contributed by atoms with Gasteiger partial charge in [-0.25, -0.2) is 14.4 Å². The summed E-state index contributed by atoms with van der Waals surface area (Å²) in [6, 6.07) is 4.41. The summed E-state index contributed by atoms with van der Waals surface area (Å²) in [6.45, 7) is -2.51. The van der Waals surface area contributed by atoms with Gasteiger partial charge < -0.3 is 20.7 Å². The number of halogens is 1. The van der Waals surface area contributed by atoms with E-state index in [0.717, 1.165) is 12.8 Å². The fraction of sp³-hybridized carbons (Fsp3) is 0.368. The number of hydrogen-bond acceptors (Lipinski definition) is 7. The highest BCUT2D eigenvalue weighted by molar-refractivity contribution is 6.00. The van der Waals surface area contributed by atoms with Gasteiger partial charge in [-0.2, -0.15) is 9.61 Å². The molecule has 0 aromatic carbocycles. The van der Waals surface area contributed by atoms with Gasteiger partial charge in [0.05, 0.1) is 12.2 Å². The molecule has 9 nitrogen and oxygen atoms in total. The third-order valence-corrected chi connectivity index (χ3v) is 4.71. The second-order valence-corrected chi connectivity index (χ2v) is 7.08. The van der Waals surface area contributed by atoms with Crippen LogP contribution < -0.4 is 20.7 Å². The molecule has 150 valence electrons. The van der Waals surface area contributed by atoms with Crippen molar-refractivity contribution < 1.29 is 18.0 Å². The van der Waals surface area contributed by atoms with Crippen LogP contribution in [0.25, 0.3) is 5.65 Å². The first-order chi connectivity index (χ1) is 15.3. The lowest BCUT2D eigenvalue weighted by Gasteiger charge is -2.13. The molecule has 2 saturated carbocycles. The van der Waals surface area contributed by atoms with E-state index in [1.165, 1.54) is 16.8 Å². The lowest BCUT2D eigenvalue weighted by Crippen LogP contribution is -2.27. The quantitative estimate of drug-likeness (QED) is 0.559. The lowest BCUT2D eigenvalue weighted by atomic mass is 10.3. The Labute approximate surface area is 169 Å². The van der Waals surface area contributed by atoms with Crippen LogP contribution in [0.1, 0.15) is 33.7 Å². The maximum atomic E-state index is 13.2. The summed E-state index contributed by atoms with van der Waals surface area (Å²) in [7, 11) is 0. The first kappa shape index (κ1) is 14.6. The van der Waals surface area contributed by atoms with Crippen LogP contribution in [0.15, 0.2) is 30.6 Å². The van der Waals surface area contributed by atoms with E-state index in [0.29, 0.717) is 11.6 Å². The largest absolute Gasteiger partial charge is 0.473 e. The molecule has 2 aliphatic rings. The van der Waals surface area contributed by atoms with E-state index in [2.05, 4.69) is 31.0 Å². The maximum Gasteiger partial charge on any atom is 0.257 e. The number of ether oxygens (including phenoxy) is 1. The van der Waals surface area contributed by atoms with Crippen molar-refractivity contribution in [3.05, 3.63) is 36.2 Å². The number of fused-ring (bicyclic) bond motifs is 1. The molecule has 10 heteroatoms. The Bertz CT molecular complexity index is 1180. The average Bonchev–Trinajstić information content (AvgIpc) is 3.61. The molecule has 29 heavy (non-hydrogen) atoms. The van der Waals surface area contributed by atoms with Crippen molar-refractivity contribution in [2.75, 3.05) is 17.6 Å². The van der Waals surface area contributed by atoms with E-state index in [4.69, 9.17) is 8.85 Å². The van der Waals surface area contributed by atoms with Gasteiger partial charge in [-0.15, -0.1) is 0 Å². The third-order valence-electron chi connectivity index (χ3n) is 4.71. The zero-order valence-electron chi connectivity index (χ0n) is 18.2. The van der Waals surface area contributed by atoms with Crippen molar-refractivity contribution in [2.24, 2.45) is 0 Å². The summed E-state index contributed by atoms with van der Waals surface area (Å²) < 4.78 is 42.9. The topological polar surface area (TPSA) is 105 Å². The van der Waals surface area contributed by atoms with E-state index in [9.17, 15) is 9.18 Å². The normalized spacial score (nSPS) is 22.3. The first-order valence-corrected chi connectivity index (χ1v) is 9.27. The smallest absolute Gasteiger partial charge is 0.257 e. The zero-order chi connectivity index (χ0) is 22.5. The van der Waals surface area contributed by atoms with E-state index >= 15 is 0 Å². The molecule has 0 aliphatic heterocycles. The summed E-state index contributed by atoms with van der Waals surface area (Å²) in [5.74, 6) is 0.215. The molecular weight excluding hydrogens is 377 g/mol. The highest BCUT2D eigenvalue weighted by Crippen LogP contribution is 2.32. The fourth-order valence-corrected chi connectivity index (χ4v) is 2.90. The maximum absolute atomic E-state index is 13.2. The number of nitrogens with zero attached hydrogens (tertiary/aromatic N) is 4. The van der Waals surface area contributed by atoms with Gasteiger partial charge in [-0.1, -0.05) is 0 Å². The molecule has 0 radical (unpaired) electrons. The van der Waals surface area contributed by atoms with Crippen LogP contribution in [0.4, 0.5) is 21.7 Å². The Balaban J connectivity index is 1.52. The number of nitrogens with one attached hydrogen (secondary N) is 3. The molecule has 0 spiro atoms. The number of amides is 1. The van der Waals surface area contributed by atoms with Crippen LogP contribution in [0.3, 0.4) is 0 Å². The lowest BCUT2D eigenvalue weighted by molar-refractivity contribution is 0.0949. The van der Waals surface area contributed by atoms with Gasteiger partial charge in [0.15, 0.2) is 5.65 Å². The van der Waals surface area contributed by atoms with Gasteiger partial charge in [-0.05, 0) is 25.0 Å². The van der Waals surface area contributed by atoms with Crippen molar-refractivity contribution >= 4 is 28.9 Å². The van der Waals surface area contributed by atoms with Crippen molar-refractivity contribution in [1.29, 1.82) is 0 Å². The van der Waals surface area contributed by atoms with Crippen molar-refractivity contribution in [3.8, 4) is 5.88 Å². The molecule has 2 fully saturated rings. The number of pyridine rings is 1. The summed E-state index contributed by atoms with van der Waals surface area (Å²) in [4.78, 5) is 21.3. The van der Waals surface area contributed by atoms with Gasteiger partial charge in [0, 0.05) is 29.8 Å². The molecule has 3 N–H and O–H groups in total. The highest BCUT2D eigenvalue weighted by Gasteiger charge is 2.39. The Hall–Kier alpha value is -3.43. The molecule has 0 bridgehead atoms. The minimum atomic E-state index is -2.51. The Morgan fingerprint density at radius 3 is 3.07 bits per heavy atom. The molecule has 2 aliphatic carbocycles. The number of alkyl halides is 1. The number of anilines is 3. The molecule has 3 heterocycles. The number of carbonyl (C=O) groups excluding carboxylic acids is 1. The van der Waals surface area contributed by atoms with Crippen LogP contribution >= 0.6 is 0 Å². The predicted octanol–water partition coefficient (Wildman–Crippen LogP) is 2.29. The Morgan fingerprint density at radius 2 is 2.31 bits per heavy atom. The zero-order valence-corrected chi connectivity index (χ0v) is 15.2. The van der Waals surface area contributed by atoms with Gasteiger partial charge >= 0.3 is 0 Å². The predicted molar refractivity (Wildman–Crippen MR) is 104 cm³/mol. The summed E-state index contributed by atoms with van der Waals surface area (Å²) in [6.07, 6.45) is 4.13. The van der Waals surface area contributed by atoms with Gasteiger partial charge in [-0.3, -0.25) is 4.79 Å². The molecule has 0 unspecified atom stereocenters. The number of hydrogen-bond donors (Lipinski definition) is 3. The van der Waals surface area contributed by atoms with Crippen LogP contribution in [0.5, 0.6) is 5.88 Å². The molecule has 0 saturated heterocycles. The molecule has 1 amide bonds. The van der Waals surface area contributed by atoms with Gasteiger partial charge in [0.2, 0.25) is 5.88 Å². The number of carbonyl (C=O) groups is 1. The summed E-state index contributed by atoms with van der Waals surface area (Å²) in [5.41, 5.74) is 0.755. The Kier molecular flexibility index (Phi) is 3.45. The van der Waals surface area contributed by atoms with E-state index in [1.807, 2.05) is 0 Å². The van der Waals surface area contributed by atoms with Crippen LogP contribution in [-0.2, 0) is 0 Å². The minimum Gasteiger partial charge on any atom is -0.473 e. The molecule has 3 aromatic rings. The SMILES string of the molecule is [2H]C([2H])([2H])Nc1cc(Nc2cccnc2OC2CC2)nc2c(C(=O)N[C@H]3C[C@H]3F)cnn12. The van der Waals surface area contributed by atoms with Crippen LogP contribution in [-0.4, -0.2) is 50.8 Å². The molecule has 5 rings (SSSR count).